The summed E-state index contributed by atoms with van der Waals surface area (Å²) in [5.41, 5.74) is 6.49. The van der Waals surface area contributed by atoms with E-state index in [0.29, 0.717) is 11.6 Å². The number of hydrogen-bond donors (Lipinski definition) is 3. The molecule has 0 aromatic carbocycles. The van der Waals surface area contributed by atoms with E-state index in [4.69, 9.17) is 15.9 Å². The minimum absolute atomic E-state index is 0.110. The molecule has 0 saturated heterocycles. The molecule has 0 atom stereocenters. The summed E-state index contributed by atoms with van der Waals surface area (Å²) in [5.74, 6) is 0.240. The summed E-state index contributed by atoms with van der Waals surface area (Å²) in [4.78, 5) is 7.83. The van der Waals surface area contributed by atoms with E-state index < -0.39 is 0 Å². The van der Waals surface area contributed by atoms with Crippen LogP contribution in [0.4, 0.5) is 0 Å². The number of H-pyrrole nitrogens is 1. The lowest BCUT2D eigenvalue weighted by molar-refractivity contribution is 0.423. The van der Waals surface area contributed by atoms with Crippen molar-refractivity contribution in [2.75, 3.05) is 0 Å². The highest BCUT2D eigenvalue weighted by Crippen LogP contribution is 2.14. The Labute approximate surface area is 91.2 Å². The number of aryl methyl sites for hydroxylation is 1. The van der Waals surface area contributed by atoms with Gasteiger partial charge in [-0.25, -0.2) is 4.98 Å². The molecule has 4 N–H and O–H groups in total. The number of rotatable bonds is 3. The molecule has 82 valence electrons. The molecule has 0 spiro atoms. The monoisotopic (exact) mass is 218 g/mol. The van der Waals surface area contributed by atoms with Gasteiger partial charge in [0, 0.05) is 18.0 Å². The first-order valence-corrected chi connectivity index (χ1v) is 4.52. The number of aromatic nitrogens is 4. The van der Waals surface area contributed by atoms with Gasteiger partial charge in [-0.1, -0.05) is 0 Å². The topological polar surface area (TPSA) is 114 Å². The standard InChI is InChI=1S/C9H10N6O/c1-5-4-7(15-14-5)16-9-12-3-2-6(13-9)8(10)11/h2-4H,1H3,(H3,10,11)(H,14,15). The van der Waals surface area contributed by atoms with Crippen LogP contribution >= 0.6 is 0 Å². The fraction of sp³-hybridized carbons (Fsp3) is 0.111. The van der Waals surface area contributed by atoms with Gasteiger partial charge in [-0.05, 0) is 13.0 Å². The van der Waals surface area contributed by atoms with Crippen LogP contribution in [-0.4, -0.2) is 26.0 Å². The van der Waals surface area contributed by atoms with Crippen LogP contribution in [-0.2, 0) is 0 Å². The van der Waals surface area contributed by atoms with Gasteiger partial charge in [0.1, 0.15) is 11.5 Å². The summed E-state index contributed by atoms with van der Waals surface area (Å²) >= 11 is 0. The van der Waals surface area contributed by atoms with Gasteiger partial charge in [-0.15, -0.1) is 5.10 Å². The van der Waals surface area contributed by atoms with Crippen molar-refractivity contribution in [1.82, 2.24) is 20.2 Å². The Bertz CT molecular complexity index is 520. The van der Waals surface area contributed by atoms with Gasteiger partial charge in [0.15, 0.2) is 0 Å². The van der Waals surface area contributed by atoms with Crippen LogP contribution < -0.4 is 10.5 Å². The van der Waals surface area contributed by atoms with E-state index in [1.165, 1.54) is 12.3 Å². The Morgan fingerprint density at radius 2 is 2.38 bits per heavy atom. The van der Waals surface area contributed by atoms with Gasteiger partial charge in [0.05, 0.1) is 0 Å². The smallest absolute Gasteiger partial charge is 0.323 e. The third kappa shape index (κ3) is 2.14. The van der Waals surface area contributed by atoms with Crippen LogP contribution in [0.3, 0.4) is 0 Å². The summed E-state index contributed by atoms with van der Waals surface area (Å²) in [5, 5.41) is 13.8. The molecule has 2 heterocycles. The molecule has 7 heteroatoms. The van der Waals surface area contributed by atoms with Gasteiger partial charge >= 0.3 is 6.01 Å². The number of nitrogen functional groups attached to an aromatic ring is 1. The first kappa shape index (κ1) is 10.1. The molecule has 0 radical (unpaired) electrons. The number of aromatic amines is 1. The molecule has 0 aliphatic heterocycles. The number of amidine groups is 1. The lowest BCUT2D eigenvalue weighted by atomic mass is 10.4. The van der Waals surface area contributed by atoms with E-state index in [9.17, 15) is 0 Å². The van der Waals surface area contributed by atoms with E-state index in [1.807, 2.05) is 6.92 Å². The summed E-state index contributed by atoms with van der Waals surface area (Å²) < 4.78 is 5.27. The van der Waals surface area contributed by atoms with E-state index in [2.05, 4.69) is 20.2 Å². The molecule has 2 rings (SSSR count). The largest absolute Gasteiger partial charge is 0.404 e. The molecule has 0 amide bonds. The second-order valence-corrected chi connectivity index (χ2v) is 3.13. The highest BCUT2D eigenvalue weighted by Gasteiger charge is 2.05. The van der Waals surface area contributed by atoms with E-state index in [1.54, 1.807) is 6.07 Å². The summed E-state index contributed by atoms with van der Waals surface area (Å²) in [7, 11) is 0. The average molecular weight is 218 g/mol. The third-order valence-electron chi connectivity index (χ3n) is 1.79. The lowest BCUT2D eigenvalue weighted by Gasteiger charge is -2.01. The molecule has 0 unspecified atom stereocenters. The summed E-state index contributed by atoms with van der Waals surface area (Å²) in [6.07, 6.45) is 1.47. The maximum atomic E-state index is 7.23. The predicted molar refractivity (Wildman–Crippen MR) is 56.4 cm³/mol. The van der Waals surface area contributed by atoms with Crippen LogP contribution in [0.5, 0.6) is 11.9 Å². The highest BCUT2D eigenvalue weighted by molar-refractivity contribution is 5.92. The molecule has 16 heavy (non-hydrogen) atoms. The number of nitrogens with zero attached hydrogens (tertiary/aromatic N) is 3. The molecule has 2 aromatic rings. The van der Waals surface area contributed by atoms with Crippen molar-refractivity contribution in [3.63, 3.8) is 0 Å². The first-order chi connectivity index (χ1) is 7.65. The molecular weight excluding hydrogens is 208 g/mol. The molecule has 0 aliphatic carbocycles. The van der Waals surface area contributed by atoms with Crippen molar-refractivity contribution in [2.24, 2.45) is 5.73 Å². The number of ether oxygens (including phenoxy) is 1. The number of hydrogen-bond acceptors (Lipinski definition) is 5. The third-order valence-corrected chi connectivity index (χ3v) is 1.79. The van der Waals surface area contributed by atoms with Crippen LogP contribution in [0, 0.1) is 12.3 Å². The van der Waals surface area contributed by atoms with Crippen LogP contribution in [0.2, 0.25) is 0 Å². The normalized spacial score (nSPS) is 10.1. The quantitative estimate of drug-likeness (QED) is 0.515. The molecule has 7 nitrogen and oxygen atoms in total. The highest BCUT2D eigenvalue weighted by atomic mass is 16.5. The number of nitrogens with one attached hydrogen (secondary N) is 2. The van der Waals surface area contributed by atoms with Gasteiger partial charge in [-0.2, -0.15) is 4.98 Å². The van der Waals surface area contributed by atoms with Gasteiger partial charge in [-0.3, -0.25) is 10.5 Å². The first-order valence-electron chi connectivity index (χ1n) is 4.52. The van der Waals surface area contributed by atoms with E-state index in [0.717, 1.165) is 5.69 Å². The fourth-order valence-corrected chi connectivity index (χ4v) is 1.08. The number of nitrogens with two attached hydrogens (primary N) is 1. The molecule has 0 saturated carbocycles. The molecule has 0 aliphatic rings. The van der Waals surface area contributed by atoms with E-state index >= 15 is 0 Å². The van der Waals surface area contributed by atoms with Crippen molar-refractivity contribution in [2.45, 2.75) is 6.92 Å². The Morgan fingerprint density at radius 1 is 1.56 bits per heavy atom. The average Bonchev–Trinajstić information content (AvgIpc) is 2.64. The molecular formula is C9H10N6O. The molecule has 2 aromatic heterocycles. The second-order valence-electron chi connectivity index (χ2n) is 3.13. The SMILES string of the molecule is Cc1cc(Oc2nccc(C(=N)N)n2)n[nH]1. The van der Waals surface area contributed by atoms with Crippen molar-refractivity contribution in [3.05, 3.63) is 29.7 Å². The Kier molecular flexibility index (Phi) is 2.50. The van der Waals surface area contributed by atoms with Crippen LogP contribution in [0.1, 0.15) is 11.4 Å². The van der Waals surface area contributed by atoms with Crippen LogP contribution in [0.15, 0.2) is 18.3 Å². The van der Waals surface area contributed by atoms with Crippen LogP contribution in [0.25, 0.3) is 0 Å². The lowest BCUT2D eigenvalue weighted by Crippen LogP contribution is -2.13. The van der Waals surface area contributed by atoms with Crippen molar-refractivity contribution in [1.29, 1.82) is 5.41 Å². The fourth-order valence-electron chi connectivity index (χ4n) is 1.08. The minimum atomic E-state index is -0.134. The summed E-state index contributed by atoms with van der Waals surface area (Å²) in [6.45, 7) is 1.85. The van der Waals surface area contributed by atoms with Crippen molar-refractivity contribution < 1.29 is 4.74 Å². The van der Waals surface area contributed by atoms with Gasteiger partial charge in [0.2, 0.25) is 5.88 Å². The van der Waals surface area contributed by atoms with Gasteiger partial charge in [0.25, 0.3) is 0 Å². The second kappa shape index (κ2) is 3.97. The maximum Gasteiger partial charge on any atom is 0.323 e. The predicted octanol–water partition coefficient (Wildman–Crippen LogP) is 0.584. The Balaban J connectivity index is 2.21. The zero-order valence-corrected chi connectivity index (χ0v) is 8.56. The Morgan fingerprint density at radius 3 is 3.00 bits per heavy atom. The summed E-state index contributed by atoms with van der Waals surface area (Å²) in [6, 6.07) is 3.36. The van der Waals surface area contributed by atoms with Crippen molar-refractivity contribution in [3.8, 4) is 11.9 Å². The minimum Gasteiger partial charge on any atom is -0.404 e. The molecule has 0 fully saturated rings. The zero-order valence-electron chi connectivity index (χ0n) is 8.56. The zero-order chi connectivity index (χ0) is 11.5. The maximum absolute atomic E-state index is 7.23. The van der Waals surface area contributed by atoms with E-state index in [-0.39, 0.29) is 11.8 Å². The van der Waals surface area contributed by atoms with Gasteiger partial charge < -0.3 is 10.5 Å². The van der Waals surface area contributed by atoms with Crippen molar-refractivity contribution >= 4 is 5.84 Å². The Hall–Kier alpha value is -2.44. The molecule has 0 bridgehead atoms.